The summed E-state index contributed by atoms with van der Waals surface area (Å²) < 4.78 is 5.12. The predicted molar refractivity (Wildman–Crippen MR) is 72.1 cm³/mol. The minimum atomic E-state index is -1.01. The number of ether oxygens (including phenoxy) is 1. The van der Waals surface area contributed by atoms with E-state index in [0.29, 0.717) is 17.1 Å². The fraction of sp³-hybridized carbons (Fsp3) is 0.333. The molecule has 0 unspecified atom stereocenters. The van der Waals surface area contributed by atoms with Crippen LogP contribution < -0.4 is 10.1 Å². The van der Waals surface area contributed by atoms with Crippen LogP contribution in [0.15, 0.2) is 28.5 Å². The molecule has 8 heteroatoms. The van der Waals surface area contributed by atoms with Crippen molar-refractivity contribution >= 4 is 23.3 Å². The summed E-state index contributed by atoms with van der Waals surface area (Å²) >= 11 is 0. The van der Waals surface area contributed by atoms with Gasteiger partial charge in [-0.25, -0.2) is 0 Å². The van der Waals surface area contributed by atoms with Crippen LogP contribution in [-0.2, 0) is 9.59 Å². The third-order valence-electron chi connectivity index (χ3n) is 2.17. The third-order valence-corrected chi connectivity index (χ3v) is 2.17. The number of nitrogens with one attached hydrogen (secondary N) is 1. The summed E-state index contributed by atoms with van der Waals surface area (Å²) in [5, 5.41) is 20.1. The van der Waals surface area contributed by atoms with E-state index < -0.39 is 5.97 Å². The van der Waals surface area contributed by atoms with Crippen molar-refractivity contribution in [1.82, 2.24) is 5.01 Å². The Balaban J connectivity index is 2.93. The maximum atomic E-state index is 11.0. The molecule has 20 heavy (non-hydrogen) atoms. The second-order valence-electron chi connectivity index (χ2n) is 3.97. The zero-order valence-corrected chi connectivity index (χ0v) is 11.5. The Labute approximate surface area is 116 Å². The van der Waals surface area contributed by atoms with E-state index in [2.05, 4.69) is 15.7 Å². The molecular formula is C12H16N4O4. The number of rotatable bonds is 6. The van der Waals surface area contributed by atoms with Crippen molar-refractivity contribution in [2.45, 2.75) is 6.92 Å². The van der Waals surface area contributed by atoms with Crippen molar-refractivity contribution in [2.24, 2.45) is 10.3 Å². The molecule has 2 N–H and O–H groups in total. The Hall–Kier alpha value is -2.64. The van der Waals surface area contributed by atoms with Crippen LogP contribution in [0.25, 0.3) is 0 Å². The van der Waals surface area contributed by atoms with Crippen LogP contribution in [0, 0.1) is 0 Å². The monoisotopic (exact) mass is 280 g/mol. The molecule has 0 saturated heterocycles. The molecule has 1 aromatic carbocycles. The van der Waals surface area contributed by atoms with Crippen molar-refractivity contribution in [3.8, 4) is 5.75 Å². The van der Waals surface area contributed by atoms with Crippen molar-refractivity contribution in [3.05, 3.63) is 18.2 Å². The second-order valence-corrected chi connectivity index (χ2v) is 3.97. The van der Waals surface area contributed by atoms with E-state index in [1.165, 1.54) is 26.1 Å². The predicted octanol–water partition coefficient (Wildman–Crippen LogP) is 1.67. The fourth-order valence-corrected chi connectivity index (χ4v) is 1.40. The SMILES string of the molecule is COc1ccc(NC(C)=O)cc1N=NN(C)CC(=O)O. The quantitative estimate of drug-likeness (QED) is 0.609. The number of benzene rings is 1. The average Bonchev–Trinajstić information content (AvgIpc) is 2.35. The molecule has 0 aliphatic carbocycles. The first-order valence-corrected chi connectivity index (χ1v) is 5.72. The number of methoxy groups -OCH3 is 1. The van der Waals surface area contributed by atoms with Crippen LogP contribution in [-0.4, -0.2) is 42.7 Å². The number of amides is 1. The standard InChI is InChI=1S/C12H16N4O4/c1-8(17)13-9-4-5-11(20-3)10(6-9)14-15-16(2)7-12(18)19/h4-6H,7H2,1-3H3,(H,13,17)(H,18,19). The first kappa shape index (κ1) is 15.4. The summed E-state index contributed by atoms with van der Waals surface area (Å²) in [6.45, 7) is 1.13. The number of hydrogen-bond donors (Lipinski definition) is 2. The Bertz CT molecular complexity index is 530. The van der Waals surface area contributed by atoms with Gasteiger partial charge in [-0.1, -0.05) is 5.22 Å². The topological polar surface area (TPSA) is 104 Å². The van der Waals surface area contributed by atoms with Crippen molar-refractivity contribution < 1.29 is 19.4 Å². The average molecular weight is 280 g/mol. The summed E-state index contributed by atoms with van der Waals surface area (Å²) in [5.41, 5.74) is 0.934. The van der Waals surface area contributed by atoms with Gasteiger partial charge in [-0.15, -0.1) is 5.11 Å². The molecule has 0 spiro atoms. The van der Waals surface area contributed by atoms with Crippen molar-refractivity contribution in [1.29, 1.82) is 0 Å². The highest BCUT2D eigenvalue weighted by molar-refractivity contribution is 5.89. The van der Waals surface area contributed by atoms with Crippen LogP contribution in [0.1, 0.15) is 6.92 Å². The molecule has 0 atom stereocenters. The highest BCUT2D eigenvalue weighted by Crippen LogP contribution is 2.30. The number of carboxylic acid groups (broad SMARTS) is 1. The van der Waals surface area contributed by atoms with Gasteiger partial charge in [-0.2, -0.15) is 0 Å². The van der Waals surface area contributed by atoms with Gasteiger partial charge in [0.1, 0.15) is 18.0 Å². The summed E-state index contributed by atoms with van der Waals surface area (Å²) in [7, 11) is 2.97. The van der Waals surface area contributed by atoms with Gasteiger partial charge in [0.2, 0.25) is 5.91 Å². The van der Waals surface area contributed by atoms with Gasteiger partial charge in [0.25, 0.3) is 0 Å². The number of aliphatic carboxylic acids is 1. The van der Waals surface area contributed by atoms with Gasteiger partial charge in [0.05, 0.1) is 7.11 Å². The molecule has 0 aliphatic heterocycles. The second kappa shape index (κ2) is 7.07. The lowest BCUT2D eigenvalue weighted by Crippen LogP contribution is -2.19. The number of anilines is 1. The molecule has 108 valence electrons. The van der Waals surface area contributed by atoms with Gasteiger partial charge in [-0.3, -0.25) is 14.6 Å². The smallest absolute Gasteiger partial charge is 0.324 e. The van der Waals surface area contributed by atoms with Gasteiger partial charge in [0.15, 0.2) is 0 Å². The number of hydrogen-bond acceptors (Lipinski definition) is 5. The van der Waals surface area contributed by atoms with Gasteiger partial charge in [-0.05, 0) is 18.2 Å². The highest BCUT2D eigenvalue weighted by Gasteiger charge is 2.06. The van der Waals surface area contributed by atoms with E-state index in [1.54, 1.807) is 18.2 Å². The first-order valence-electron chi connectivity index (χ1n) is 5.72. The Morgan fingerprint density at radius 1 is 1.45 bits per heavy atom. The number of likely N-dealkylation sites (N-methyl/N-ethyl adjacent to an activating group) is 1. The summed E-state index contributed by atoms with van der Waals surface area (Å²) in [5.74, 6) is -0.752. The van der Waals surface area contributed by atoms with Crippen LogP contribution in [0.3, 0.4) is 0 Å². The molecule has 1 rings (SSSR count). The lowest BCUT2D eigenvalue weighted by Gasteiger charge is -2.09. The van der Waals surface area contributed by atoms with E-state index in [1.807, 2.05) is 0 Å². The van der Waals surface area contributed by atoms with Gasteiger partial charge >= 0.3 is 5.97 Å². The maximum absolute atomic E-state index is 11.0. The lowest BCUT2D eigenvalue weighted by molar-refractivity contribution is -0.138. The third kappa shape index (κ3) is 4.92. The zero-order valence-electron chi connectivity index (χ0n) is 11.5. The Morgan fingerprint density at radius 3 is 2.70 bits per heavy atom. The highest BCUT2D eigenvalue weighted by atomic mass is 16.5. The maximum Gasteiger partial charge on any atom is 0.324 e. The first-order chi connectivity index (χ1) is 9.42. The number of nitrogens with zero attached hydrogens (tertiary/aromatic N) is 3. The zero-order chi connectivity index (χ0) is 15.1. The molecule has 0 heterocycles. The molecule has 0 saturated carbocycles. The number of carbonyl (C=O) groups is 2. The van der Waals surface area contributed by atoms with Crippen LogP contribution in [0.2, 0.25) is 0 Å². The van der Waals surface area contributed by atoms with E-state index in [-0.39, 0.29) is 12.5 Å². The number of carboxylic acids is 1. The normalized spacial score (nSPS) is 10.3. The molecular weight excluding hydrogens is 264 g/mol. The molecule has 0 bridgehead atoms. The minimum Gasteiger partial charge on any atom is -0.494 e. The Kier molecular flexibility index (Phi) is 5.45. The van der Waals surface area contributed by atoms with E-state index >= 15 is 0 Å². The number of carbonyl (C=O) groups excluding carboxylic acids is 1. The molecule has 1 amide bonds. The van der Waals surface area contributed by atoms with Crippen molar-refractivity contribution in [3.63, 3.8) is 0 Å². The minimum absolute atomic E-state index is 0.207. The largest absolute Gasteiger partial charge is 0.494 e. The lowest BCUT2D eigenvalue weighted by atomic mass is 10.2. The Morgan fingerprint density at radius 2 is 2.15 bits per heavy atom. The molecule has 8 nitrogen and oxygen atoms in total. The molecule has 1 aromatic rings. The van der Waals surface area contributed by atoms with Crippen LogP contribution in [0.4, 0.5) is 11.4 Å². The van der Waals surface area contributed by atoms with E-state index in [9.17, 15) is 9.59 Å². The van der Waals surface area contributed by atoms with Crippen LogP contribution >= 0.6 is 0 Å². The van der Waals surface area contributed by atoms with Crippen LogP contribution in [0.5, 0.6) is 5.75 Å². The fourth-order valence-electron chi connectivity index (χ4n) is 1.40. The summed E-state index contributed by atoms with van der Waals surface area (Å²) in [6.07, 6.45) is 0. The van der Waals surface area contributed by atoms with Gasteiger partial charge < -0.3 is 15.2 Å². The van der Waals surface area contributed by atoms with Crippen molar-refractivity contribution in [2.75, 3.05) is 26.0 Å². The van der Waals surface area contributed by atoms with Gasteiger partial charge in [0, 0.05) is 19.7 Å². The van der Waals surface area contributed by atoms with E-state index in [4.69, 9.17) is 9.84 Å². The summed E-state index contributed by atoms with van der Waals surface area (Å²) in [4.78, 5) is 21.5. The molecule has 0 radical (unpaired) electrons. The summed E-state index contributed by atoms with van der Waals surface area (Å²) in [6, 6.07) is 4.88. The molecule has 0 fully saturated rings. The van der Waals surface area contributed by atoms with E-state index in [0.717, 1.165) is 0 Å². The molecule has 0 aromatic heterocycles. The molecule has 0 aliphatic rings.